The highest BCUT2D eigenvalue weighted by Crippen LogP contribution is 2.28. The van der Waals surface area contributed by atoms with Crippen LogP contribution in [0, 0.1) is 0 Å². The first-order chi connectivity index (χ1) is 10.6. The van der Waals surface area contributed by atoms with Gasteiger partial charge in [-0.05, 0) is 29.8 Å². The van der Waals surface area contributed by atoms with Gasteiger partial charge in [-0.1, -0.05) is 33.6 Å². The van der Waals surface area contributed by atoms with Crippen molar-refractivity contribution < 1.29 is 9.53 Å². The number of fused-ring (bicyclic) bond motifs is 1. The van der Waals surface area contributed by atoms with Crippen LogP contribution >= 0.6 is 27.5 Å². The molecule has 0 aliphatic heterocycles. The van der Waals surface area contributed by atoms with Gasteiger partial charge in [0.1, 0.15) is 5.75 Å². The van der Waals surface area contributed by atoms with Crippen molar-refractivity contribution in [1.29, 1.82) is 0 Å². The summed E-state index contributed by atoms with van der Waals surface area (Å²) in [6, 6.07) is 9.32. The summed E-state index contributed by atoms with van der Waals surface area (Å²) < 4.78 is 8.09. The number of hydrogen-bond donors (Lipinski definition) is 0. The monoisotopic (exact) mass is 378 g/mol. The quantitative estimate of drug-likeness (QED) is 0.634. The van der Waals surface area contributed by atoms with Crippen LogP contribution in [0.3, 0.4) is 0 Å². The van der Waals surface area contributed by atoms with E-state index in [9.17, 15) is 4.79 Å². The Morgan fingerprint density at radius 1 is 1.41 bits per heavy atom. The summed E-state index contributed by atoms with van der Waals surface area (Å²) >= 11 is 9.79. The summed E-state index contributed by atoms with van der Waals surface area (Å²) in [6.07, 6.45) is 2.54. The highest BCUT2D eigenvalue weighted by atomic mass is 79.9. The minimum Gasteiger partial charge on any atom is -0.496 e. The van der Waals surface area contributed by atoms with Gasteiger partial charge in [0.05, 0.1) is 30.9 Å². The summed E-state index contributed by atoms with van der Waals surface area (Å²) in [5, 5.41) is 5.96. The van der Waals surface area contributed by atoms with Crippen LogP contribution in [0.2, 0.25) is 5.02 Å². The maximum Gasteiger partial charge on any atom is 0.153 e. The van der Waals surface area contributed by atoms with Crippen molar-refractivity contribution >= 4 is 44.7 Å². The Morgan fingerprint density at radius 2 is 2.23 bits per heavy atom. The lowest BCUT2D eigenvalue weighted by Gasteiger charge is -2.10. The van der Waals surface area contributed by atoms with E-state index >= 15 is 0 Å². The van der Waals surface area contributed by atoms with Crippen molar-refractivity contribution in [3.8, 4) is 5.75 Å². The van der Waals surface area contributed by atoms with Gasteiger partial charge in [0.2, 0.25) is 0 Å². The Morgan fingerprint density at radius 3 is 2.95 bits per heavy atom. The van der Waals surface area contributed by atoms with Gasteiger partial charge in [-0.3, -0.25) is 9.48 Å². The normalized spacial score (nSPS) is 10.9. The zero-order valence-electron chi connectivity index (χ0n) is 11.7. The van der Waals surface area contributed by atoms with Crippen molar-refractivity contribution in [2.24, 2.45) is 0 Å². The van der Waals surface area contributed by atoms with Crippen LogP contribution < -0.4 is 4.74 Å². The number of nitrogens with zero attached hydrogens (tertiary/aromatic N) is 2. The topological polar surface area (TPSA) is 44.1 Å². The van der Waals surface area contributed by atoms with Gasteiger partial charge in [0, 0.05) is 14.9 Å². The van der Waals surface area contributed by atoms with Crippen LogP contribution in [0.25, 0.3) is 10.9 Å². The van der Waals surface area contributed by atoms with Gasteiger partial charge in [-0.15, -0.1) is 0 Å². The third kappa shape index (κ3) is 2.62. The molecule has 0 unspecified atom stereocenters. The molecule has 3 rings (SSSR count). The summed E-state index contributed by atoms with van der Waals surface area (Å²) in [4.78, 5) is 11.0. The molecule has 0 atom stereocenters. The van der Waals surface area contributed by atoms with Crippen molar-refractivity contribution in [3.05, 3.63) is 57.2 Å². The number of carbonyl (C=O) groups is 1. The van der Waals surface area contributed by atoms with Gasteiger partial charge in [0.25, 0.3) is 0 Å². The molecule has 6 heteroatoms. The highest BCUT2D eigenvalue weighted by Gasteiger charge is 2.12. The molecule has 0 saturated carbocycles. The van der Waals surface area contributed by atoms with Crippen LogP contribution in [0.4, 0.5) is 0 Å². The lowest BCUT2D eigenvalue weighted by atomic mass is 10.1. The third-order valence-corrected chi connectivity index (χ3v) is 4.52. The van der Waals surface area contributed by atoms with Crippen LogP contribution in [0.1, 0.15) is 15.9 Å². The maximum atomic E-state index is 11.0. The highest BCUT2D eigenvalue weighted by molar-refractivity contribution is 9.10. The van der Waals surface area contributed by atoms with Crippen molar-refractivity contribution in [1.82, 2.24) is 9.78 Å². The van der Waals surface area contributed by atoms with E-state index in [1.807, 2.05) is 29.1 Å². The van der Waals surface area contributed by atoms with Crippen molar-refractivity contribution in [2.45, 2.75) is 6.54 Å². The van der Waals surface area contributed by atoms with Crippen LogP contribution in [-0.2, 0) is 6.54 Å². The number of rotatable bonds is 4. The van der Waals surface area contributed by atoms with Gasteiger partial charge in [-0.25, -0.2) is 0 Å². The van der Waals surface area contributed by atoms with E-state index in [0.717, 1.165) is 27.2 Å². The van der Waals surface area contributed by atoms with E-state index < -0.39 is 0 Å². The third-order valence-electron chi connectivity index (χ3n) is 3.48. The predicted molar refractivity (Wildman–Crippen MR) is 89.9 cm³/mol. The summed E-state index contributed by atoms with van der Waals surface area (Å²) in [5.41, 5.74) is 2.28. The molecule has 1 aromatic heterocycles. The number of halogens is 2. The second-order valence-electron chi connectivity index (χ2n) is 4.78. The molecule has 0 spiro atoms. The van der Waals surface area contributed by atoms with E-state index in [1.165, 1.54) is 7.11 Å². The molecule has 0 saturated heterocycles. The first kappa shape index (κ1) is 15.1. The number of methoxy groups -OCH3 is 1. The molecule has 0 aliphatic rings. The first-order valence-electron chi connectivity index (χ1n) is 6.55. The van der Waals surface area contributed by atoms with E-state index in [4.69, 9.17) is 16.3 Å². The average molecular weight is 380 g/mol. The van der Waals surface area contributed by atoms with Crippen molar-refractivity contribution in [2.75, 3.05) is 7.11 Å². The van der Waals surface area contributed by atoms with E-state index in [0.29, 0.717) is 22.9 Å². The SMILES string of the molecule is COc1cc(Cn2ncc3c(Br)cccc32)c(Cl)cc1C=O. The number of aldehydes is 1. The molecule has 0 amide bonds. The molecular formula is C16H12BrClN2O2. The Balaban J connectivity index is 2.05. The lowest BCUT2D eigenvalue weighted by Crippen LogP contribution is -2.03. The second kappa shape index (κ2) is 6.10. The molecule has 1 heterocycles. The molecule has 112 valence electrons. The molecule has 0 radical (unpaired) electrons. The zero-order chi connectivity index (χ0) is 15.7. The summed E-state index contributed by atoms with van der Waals surface area (Å²) in [7, 11) is 1.53. The van der Waals surface area contributed by atoms with E-state index in [2.05, 4.69) is 21.0 Å². The predicted octanol–water partition coefficient (Wildman–Crippen LogP) is 4.32. The molecule has 0 aliphatic carbocycles. The molecule has 4 nitrogen and oxygen atoms in total. The van der Waals surface area contributed by atoms with E-state index in [-0.39, 0.29) is 0 Å². The molecule has 0 N–H and O–H groups in total. The van der Waals surface area contributed by atoms with Crippen molar-refractivity contribution in [3.63, 3.8) is 0 Å². The van der Waals surface area contributed by atoms with Gasteiger partial charge < -0.3 is 4.74 Å². The average Bonchev–Trinajstić information content (AvgIpc) is 2.93. The zero-order valence-corrected chi connectivity index (χ0v) is 14.1. The maximum absolute atomic E-state index is 11.0. The fourth-order valence-corrected chi connectivity index (χ4v) is 3.05. The fraction of sp³-hybridized carbons (Fsp3) is 0.125. The Hall–Kier alpha value is -1.85. The first-order valence-corrected chi connectivity index (χ1v) is 7.72. The fourth-order valence-electron chi connectivity index (χ4n) is 2.36. The Bertz CT molecular complexity index is 861. The smallest absolute Gasteiger partial charge is 0.153 e. The minimum atomic E-state index is 0.435. The largest absolute Gasteiger partial charge is 0.496 e. The second-order valence-corrected chi connectivity index (χ2v) is 6.04. The van der Waals surface area contributed by atoms with Gasteiger partial charge in [-0.2, -0.15) is 5.10 Å². The van der Waals surface area contributed by atoms with Crippen LogP contribution in [0.5, 0.6) is 5.75 Å². The lowest BCUT2D eigenvalue weighted by molar-refractivity contribution is 0.112. The standard InChI is InChI=1S/C16H12BrClN2O2/c1-22-16-6-10(14(18)5-11(16)9-21)8-20-15-4-2-3-13(17)12(15)7-19-20/h2-7,9H,8H2,1H3. The summed E-state index contributed by atoms with van der Waals surface area (Å²) in [5.74, 6) is 0.507. The molecular weight excluding hydrogens is 368 g/mol. The number of hydrogen-bond acceptors (Lipinski definition) is 3. The molecule has 0 bridgehead atoms. The van der Waals surface area contributed by atoms with Gasteiger partial charge >= 0.3 is 0 Å². The molecule has 22 heavy (non-hydrogen) atoms. The van der Waals surface area contributed by atoms with Crippen LogP contribution in [-0.4, -0.2) is 23.2 Å². The summed E-state index contributed by atoms with van der Waals surface area (Å²) in [6.45, 7) is 0.494. The van der Waals surface area contributed by atoms with Gasteiger partial charge in [0.15, 0.2) is 6.29 Å². The molecule has 3 aromatic rings. The Kier molecular flexibility index (Phi) is 4.18. The Labute approximate surface area is 140 Å². The molecule has 0 fully saturated rings. The van der Waals surface area contributed by atoms with Crippen LogP contribution in [0.15, 0.2) is 41.0 Å². The molecule has 2 aromatic carbocycles. The number of aromatic nitrogens is 2. The number of carbonyl (C=O) groups excluding carboxylic acids is 1. The minimum absolute atomic E-state index is 0.435. The number of ether oxygens (including phenoxy) is 1. The van der Waals surface area contributed by atoms with E-state index in [1.54, 1.807) is 12.1 Å². The number of benzene rings is 2.